The molecule has 0 aliphatic heterocycles. The van der Waals surface area contributed by atoms with Crippen molar-refractivity contribution in [1.82, 2.24) is 5.43 Å². The van der Waals surface area contributed by atoms with Crippen LogP contribution in [-0.2, 0) is 10.1 Å². The van der Waals surface area contributed by atoms with Crippen LogP contribution in [-0.4, -0.2) is 27.6 Å². The van der Waals surface area contributed by atoms with Crippen LogP contribution in [0.2, 0.25) is 0 Å². The quantitative estimate of drug-likeness (QED) is 0.356. The van der Waals surface area contributed by atoms with Gasteiger partial charge in [0.05, 0.1) is 13.3 Å². The molecular weight excluding hydrogens is 404 g/mol. The van der Waals surface area contributed by atoms with Crippen LogP contribution in [0.1, 0.15) is 21.5 Å². The molecule has 0 bridgehead atoms. The minimum absolute atomic E-state index is 0.0488. The molecule has 0 spiro atoms. The van der Waals surface area contributed by atoms with Gasteiger partial charge in [-0.25, -0.2) is 5.43 Å². The van der Waals surface area contributed by atoms with Crippen LogP contribution < -0.4 is 14.3 Å². The Labute approximate surface area is 175 Å². The van der Waals surface area contributed by atoms with Crippen molar-refractivity contribution >= 4 is 22.2 Å². The monoisotopic (exact) mass is 424 g/mol. The number of aryl methyl sites for hydroxylation is 1. The predicted molar refractivity (Wildman–Crippen MR) is 113 cm³/mol. The highest BCUT2D eigenvalue weighted by atomic mass is 32.2. The van der Waals surface area contributed by atoms with Crippen molar-refractivity contribution in [2.24, 2.45) is 5.10 Å². The highest BCUT2D eigenvalue weighted by molar-refractivity contribution is 7.87. The van der Waals surface area contributed by atoms with E-state index in [-0.39, 0.29) is 10.6 Å². The lowest BCUT2D eigenvalue weighted by Gasteiger charge is -2.09. The summed E-state index contributed by atoms with van der Waals surface area (Å²) in [5.74, 6) is 0.316. The molecule has 0 unspecified atom stereocenters. The van der Waals surface area contributed by atoms with Gasteiger partial charge in [0, 0.05) is 11.1 Å². The van der Waals surface area contributed by atoms with E-state index in [1.54, 1.807) is 54.6 Å². The molecular formula is C22H20N2O5S. The van der Waals surface area contributed by atoms with Crippen molar-refractivity contribution < 1.29 is 22.1 Å². The summed E-state index contributed by atoms with van der Waals surface area (Å²) in [5, 5.41) is 3.90. The zero-order chi connectivity index (χ0) is 21.6. The Morgan fingerprint density at radius 2 is 1.63 bits per heavy atom. The van der Waals surface area contributed by atoms with Crippen LogP contribution in [0.25, 0.3) is 0 Å². The first-order valence-corrected chi connectivity index (χ1v) is 10.4. The minimum Gasteiger partial charge on any atom is -0.497 e. The molecule has 30 heavy (non-hydrogen) atoms. The molecule has 7 nitrogen and oxygen atoms in total. The zero-order valence-corrected chi connectivity index (χ0v) is 17.2. The second-order valence-corrected chi connectivity index (χ2v) is 7.86. The molecule has 0 radical (unpaired) electrons. The number of nitrogens with zero attached hydrogens (tertiary/aromatic N) is 1. The lowest BCUT2D eigenvalue weighted by Crippen LogP contribution is -2.17. The summed E-state index contributed by atoms with van der Waals surface area (Å²) in [4.78, 5) is 12.2. The first-order chi connectivity index (χ1) is 14.4. The number of carbonyl (C=O) groups is 1. The van der Waals surface area contributed by atoms with Gasteiger partial charge < -0.3 is 8.92 Å². The average molecular weight is 424 g/mol. The molecule has 8 heteroatoms. The number of ether oxygens (including phenoxy) is 1. The van der Waals surface area contributed by atoms with Gasteiger partial charge in [0.15, 0.2) is 5.75 Å². The molecule has 1 amide bonds. The van der Waals surface area contributed by atoms with Crippen LogP contribution in [0.5, 0.6) is 11.5 Å². The van der Waals surface area contributed by atoms with Crippen molar-refractivity contribution in [2.75, 3.05) is 7.11 Å². The normalized spacial score (nSPS) is 11.3. The van der Waals surface area contributed by atoms with E-state index >= 15 is 0 Å². The summed E-state index contributed by atoms with van der Waals surface area (Å²) in [6.45, 7) is 1.86. The summed E-state index contributed by atoms with van der Waals surface area (Å²) < 4.78 is 35.4. The van der Waals surface area contributed by atoms with E-state index < -0.39 is 16.0 Å². The lowest BCUT2D eigenvalue weighted by atomic mass is 10.2. The molecule has 154 valence electrons. The smallest absolute Gasteiger partial charge is 0.339 e. The molecule has 0 aliphatic rings. The Morgan fingerprint density at radius 1 is 0.967 bits per heavy atom. The fraction of sp³-hybridized carbons (Fsp3) is 0.0909. The van der Waals surface area contributed by atoms with E-state index in [0.717, 1.165) is 5.56 Å². The second kappa shape index (κ2) is 9.23. The van der Waals surface area contributed by atoms with Crippen molar-refractivity contribution in [1.29, 1.82) is 0 Å². The molecule has 0 aromatic heterocycles. The number of rotatable bonds is 7. The number of hydrogen-bond acceptors (Lipinski definition) is 6. The maximum Gasteiger partial charge on any atom is 0.339 e. The molecule has 0 saturated carbocycles. The molecule has 1 N–H and O–H groups in total. The maximum absolute atomic E-state index is 12.5. The Bertz CT molecular complexity index is 1150. The molecule has 3 aromatic rings. The van der Waals surface area contributed by atoms with E-state index in [0.29, 0.717) is 16.9 Å². The third-order valence-corrected chi connectivity index (χ3v) is 5.40. The predicted octanol–water partition coefficient (Wildman–Crippen LogP) is 3.54. The van der Waals surface area contributed by atoms with E-state index in [1.165, 1.54) is 31.5 Å². The number of amides is 1. The van der Waals surface area contributed by atoms with Crippen LogP contribution >= 0.6 is 0 Å². The number of nitrogens with one attached hydrogen (secondary N) is 1. The van der Waals surface area contributed by atoms with Gasteiger partial charge in [-0.05, 0) is 55.5 Å². The topological polar surface area (TPSA) is 94.1 Å². The Kier molecular flexibility index (Phi) is 6.48. The average Bonchev–Trinajstić information content (AvgIpc) is 2.75. The molecule has 0 atom stereocenters. The Morgan fingerprint density at radius 3 is 2.30 bits per heavy atom. The third kappa shape index (κ3) is 5.24. The van der Waals surface area contributed by atoms with Crippen LogP contribution in [0.15, 0.2) is 82.8 Å². The molecule has 0 heterocycles. The van der Waals surface area contributed by atoms with Gasteiger partial charge in [0.25, 0.3) is 5.91 Å². The number of para-hydroxylation sites is 1. The highest BCUT2D eigenvalue weighted by Crippen LogP contribution is 2.22. The zero-order valence-electron chi connectivity index (χ0n) is 16.4. The van der Waals surface area contributed by atoms with Gasteiger partial charge in [-0.15, -0.1) is 0 Å². The van der Waals surface area contributed by atoms with E-state index in [1.807, 2.05) is 6.92 Å². The fourth-order valence-electron chi connectivity index (χ4n) is 2.50. The third-order valence-electron chi connectivity index (χ3n) is 4.15. The number of methoxy groups -OCH3 is 1. The minimum atomic E-state index is -4.00. The molecule has 0 fully saturated rings. The van der Waals surface area contributed by atoms with Gasteiger partial charge in [0.1, 0.15) is 10.6 Å². The van der Waals surface area contributed by atoms with Crippen molar-refractivity contribution in [2.45, 2.75) is 11.8 Å². The number of hydrazone groups is 1. The number of carbonyl (C=O) groups excluding carboxylic acids is 1. The summed E-state index contributed by atoms with van der Waals surface area (Å²) >= 11 is 0. The van der Waals surface area contributed by atoms with Crippen molar-refractivity contribution in [3.8, 4) is 11.5 Å². The first kappa shape index (κ1) is 21.1. The highest BCUT2D eigenvalue weighted by Gasteiger charge is 2.17. The first-order valence-electron chi connectivity index (χ1n) is 8.97. The molecule has 3 aromatic carbocycles. The van der Waals surface area contributed by atoms with Crippen molar-refractivity contribution in [3.05, 3.63) is 89.5 Å². The lowest BCUT2D eigenvalue weighted by molar-refractivity contribution is 0.0955. The fourth-order valence-corrected chi connectivity index (χ4v) is 3.46. The van der Waals surface area contributed by atoms with Crippen LogP contribution in [0, 0.1) is 6.92 Å². The number of hydrogen-bond donors (Lipinski definition) is 1. The maximum atomic E-state index is 12.5. The Hall–Kier alpha value is -3.65. The van der Waals surface area contributed by atoms with Gasteiger partial charge in [-0.1, -0.05) is 29.8 Å². The van der Waals surface area contributed by atoms with E-state index in [4.69, 9.17) is 8.92 Å². The van der Waals surface area contributed by atoms with Gasteiger partial charge in [0.2, 0.25) is 0 Å². The summed E-state index contributed by atoms with van der Waals surface area (Å²) in [5.41, 5.74) is 4.13. The van der Waals surface area contributed by atoms with E-state index in [2.05, 4.69) is 10.5 Å². The molecule has 0 saturated heterocycles. The SMILES string of the molecule is COc1ccc(C(=O)NN=Cc2ccccc2OS(=O)(=O)c2ccc(C)cc2)cc1. The Balaban J connectivity index is 1.73. The van der Waals surface area contributed by atoms with E-state index in [9.17, 15) is 13.2 Å². The van der Waals surface area contributed by atoms with Crippen LogP contribution in [0.3, 0.4) is 0 Å². The van der Waals surface area contributed by atoms with Gasteiger partial charge in [-0.2, -0.15) is 13.5 Å². The van der Waals surface area contributed by atoms with Crippen LogP contribution in [0.4, 0.5) is 0 Å². The standard InChI is InChI=1S/C22H20N2O5S/c1-16-7-13-20(14-8-16)30(26,27)29-21-6-4-3-5-18(21)15-23-24-22(25)17-9-11-19(28-2)12-10-17/h3-15H,1-2H3,(H,24,25). The molecule has 3 rings (SSSR count). The molecule has 0 aliphatic carbocycles. The summed E-state index contributed by atoms with van der Waals surface area (Å²) in [7, 11) is -2.46. The second-order valence-electron chi connectivity index (χ2n) is 6.32. The number of benzene rings is 3. The van der Waals surface area contributed by atoms with Gasteiger partial charge >= 0.3 is 10.1 Å². The largest absolute Gasteiger partial charge is 0.497 e. The summed E-state index contributed by atoms with van der Waals surface area (Å²) in [6, 6.07) is 19.4. The van der Waals surface area contributed by atoms with Gasteiger partial charge in [-0.3, -0.25) is 4.79 Å². The van der Waals surface area contributed by atoms with Crippen molar-refractivity contribution in [3.63, 3.8) is 0 Å². The summed E-state index contributed by atoms with van der Waals surface area (Å²) in [6.07, 6.45) is 1.32.